The van der Waals surface area contributed by atoms with E-state index in [1.54, 1.807) is 25.4 Å². The summed E-state index contributed by atoms with van der Waals surface area (Å²) in [7, 11) is 1.79. The van der Waals surface area contributed by atoms with Crippen molar-refractivity contribution >= 4 is 11.5 Å². The lowest BCUT2D eigenvalue weighted by molar-refractivity contribution is -0.386. The number of nitrogens with one attached hydrogen (secondary N) is 1. The molecule has 20 heavy (non-hydrogen) atoms. The van der Waals surface area contributed by atoms with Gasteiger partial charge in [0.1, 0.15) is 12.4 Å². The van der Waals surface area contributed by atoms with Gasteiger partial charge in [0, 0.05) is 24.9 Å². The van der Waals surface area contributed by atoms with Crippen molar-refractivity contribution in [1.29, 1.82) is 0 Å². The van der Waals surface area contributed by atoms with Gasteiger partial charge in [0.2, 0.25) is 0 Å². The molecule has 0 bridgehead atoms. The Labute approximate surface area is 116 Å². The van der Waals surface area contributed by atoms with Crippen LogP contribution in [0.4, 0.5) is 11.5 Å². The van der Waals surface area contributed by atoms with Crippen LogP contribution in [0, 0.1) is 17.0 Å². The topological polar surface area (TPSA) is 77.3 Å². The van der Waals surface area contributed by atoms with Crippen molar-refractivity contribution in [2.75, 3.05) is 12.4 Å². The van der Waals surface area contributed by atoms with E-state index in [0.717, 1.165) is 16.9 Å². The average Bonchev–Trinajstić information content (AvgIpc) is 2.45. The minimum atomic E-state index is -0.447. The van der Waals surface area contributed by atoms with Gasteiger partial charge in [-0.3, -0.25) is 10.1 Å². The fourth-order valence-corrected chi connectivity index (χ4v) is 1.71. The number of benzene rings is 1. The fraction of sp³-hybridized carbons (Fsp3) is 0.214. The number of nitrogens with zero attached hydrogens (tertiary/aromatic N) is 2. The van der Waals surface area contributed by atoms with E-state index in [1.807, 2.05) is 19.1 Å². The Kier molecular flexibility index (Phi) is 4.14. The van der Waals surface area contributed by atoms with Crippen LogP contribution in [0.1, 0.15) is 11.1 Å². The van der Waals surface area contributed by atoms with E-state index < -0.39 is 4.92 Å². The molecule has 6 heteroatoms. The third-order valence-electron chi connectivity index (χ3n) is 2.79. The summed E-state index contributed by atoms with van der Waals surface area (Å²) in [5, 5.41) is 13.9. The first-order valence-corrected chi connectivity index (χ1v) is 6.10. The number of nitro benzene ring substituents is 1. The molecule has 0 fully saturated rings. The summed E-state index contributed by atoms with van der Waals surface area (Å²) in [6.45, 7) is 2.10. The third-order valence-corrected chi connectivity index (χ3v) is 2.79. The Morgan fingerprint density at radius 3 is 2.75 bits per heavy atom. The molecule has 2 aromatic rings. The summed E-state index contributed by atoms with van der Waals surface area (Å²) >= 11 is 0. The third kappa shape index (κ3) is 3.23. The van der Waals surface area contributed by atoms with E-state index in [1.165, 1.54) is 6.07 Å². The second-order valence-electron chi connectivity index (χ2n) is 4.32. The van der Waals surface area contributed by atoms with Gasteiger partial charge in [0.25, 0.3) is 0 Å². The van der Waals surface area contributed by atoms with Crippen molar-refractivity contribution in [2.45, 2.75) is 13.5 Å². The lowest BCUT2D eigenvalue weighted by atomic mass is 10.2. The molecule has 1 aromatic heterocycles. The predicted molar refractivity (Wildman–Crippen MR) is 75.9 cm³/mol. The Bertz CT molecular complexity index is 612. The second kappa shape index (κ2) is 6.01. The maximum atomic E-state index is 10.9. The minimum absolute atomic E-state index is 0.0320. The van der Waals surface area contributed by atoms with Gasteiger partial charge in [0.05, 0.1) is 4.92 Å². The molecule has 0 atom stereocenters. The highest BCUT2D eigenvalue weighted by molar-refractivity contribution is 5.48. The quantitative estimate of drug-likeness (QED) is 0.669. The van der Waals surface area contributed by atoms with Crippen molar-refractivity contribution < 1.29 is 9.66 Å². The van der Waals surface area contributed by atoms with Gasteiger partial charge in [0.15, 0.2) is 5.75 Å². The molecule has 0 aliphatic rings. The second-order valence-corrected chi connectivity index (χ2v) is 4.32. The molecule has 0 radical (unpaired) electrons. The van der Waals surface area contributed by atoms with Crippen molar-refractivity contribution in [3.05, 3.63) is 57.8 Å². The highest BCUT2D eigenvalue weighted by atomic mass is 16.6. The van der Waals surface area contributed by atoms with Crippen molar-refractivity contribution in [1.82, 2.24) is 4.98 Å². The molecule has 0 aliphatic heterocycles. The van der Waals surface area contributed by atoms with Crippen molar-refractivity contribution in [2.24, 2.45) is 0 Å². The standard InChI is InChI=1S/C14H15N3O3/c1-10-3-5-12(17(18)19)13(7-10)20-9-11-4-6-14(15-2)16-8-11/h3-8H,9H2,1-2H3,(H,15,16). The molecule has 0 saturated carbocycles. The van der Waals surface area contributed by atoms with Crippen LogP contribution in [0.2, 0.25) is 0 Å². The SMILES string of the molecule is CNc1ccc(COc2cc(C)ccc2[N+](=O)[O-])cn1. The smallest absolute Gasteiger partial charge is 0.310 e. The summed E-state index contributed by atoms with van der Waals surface area (Å²) in [5.74, 6) is 1.03. The van der Waals surface area contributed by atoms with Gasteiger partial charge in [-0.1, -0.05) is 12.1 Å². The van der Waals surface area contributed by atoms with Crippen LogP contribution in [0.5, 0.6) is 5.75 Å². The number of pyridine rings is 1. The highest BCUT2D eigenvalue weighted by Crippen LogP contribution is 2.28. The van der Waals surface area contributed by atoms with Gasteiger partial charge in [-0.15, -0.1) is 0 Å². The summed E-state index contributed by atoms with van der Waals surface area (Å²) in [5.41, 5.74) is 1.73. The molecule has 0 amide bonds. The largest absolute Gasteiger partial charge is 0.482 e. The zero-order valence-electron chi connectivity index (χ0n) is 11.3. The molecule has 0 saturated heterocycles. The van der Waals surface area contributed by atoms with Crippen LogP contribution >= 0.6 is 0 Å². The number of hydrogen-bond donors (Lipinski definition) is 1. The zero-order chi connectivity index (χ0) is 14.5. The molecule has 1 N–H and O–H groups in total. The molecule has 1 aromatic carbocycles. The molecule has 0 spiro atoms. The first-order chi connectivity index (χ1) is 9.60. The maximum Gasteiger partial charge on any atom is 0.310 e. The first kappa shape index (κ1) is 13.8. The molecule has 2 rings (SSSR count). The van der Waals surface area contributed by atoms with Crippen LogP contribution in [0.3, 0.4) is 0 Å². The van der Waals surface area contributed by atoms with E-state index in [9.17, 15) is 10.1 Å². The normalized spacial score (nSPS) is 10.1. The van der Waals surface area contributed by atoms with Gasteiger partial charge in [-0.25, -0.2) is 4.98 Å². The Balaban J connectivity index is 2.13. The van der Waals surface area contributed by atoms with Crippen molar-refractivity contribution in [3.63, 3.8) is 0 Å². The summed E-state index contributed by atoms with van der Waals surface area (Å²) in [6.07, 6.45) is 1.67. The highest BCUT2D eigenvalue weighted by Gasteiger charge is 2.14. The Morgan fingerprint density at radius 1 is 1.35 bits per heavy atom. The Morgan fingerprint density at radius 2 is 2.15 bits per heavy atom. The fourth-order valence-electron chi connectivity index (χ4n) is 1.71. The predicted octanol–water partition coefficient (Wildman–Crippen LogP) is 2.92. The summed E-state index contributed by atoms with van der Waals surface area (Å²) < 4.78 is 5.54. The molecule has 0 unspecified atom stereocenters. The van der Waals surface area contributed by atoms with Gasteiger partial charge in [-0.05, 0) is 24.6 Å². The van der Waals surface area contributed by atoms with E-state index in [4.69, 9.17) is 4.74 Å². The van der Waals surface area contributed by atoms with Crippen LogP contribution in [0.25, 0.3) is 0 Å². The van der Waals surface area contributed by atoms with Crippen LogP contribution in [-0.4, -0.2) is 17.0 Å². The monoisotopic (exact) mass is 273 g/mol. The van der Waals surface area contributed by atoms with E-state index in [0.29, 0.717) is 0 Å². The van der Waals surface area contributed by atoms with Gasteiger partial charge >= 0.3 is 5.69 Å². The number of rotatable bonds is 5. The molecular weight excluding hydrogens is 258 g/mol. The summed E-state index contributed by atoms with van der Waals surface area (Å²) in [4.78, 5) is 14.6. The van der Waals surface area contributed by atoms with E-state index in [-0.39, 0.29) is 18.0 Å². The molecule has 104 valence electrons. The number of ether oxygens (including phenoxy) is 1. The maximum absolute atomic E-state index is 10.9. The van der Waals surface area contributed by atoms with Crippen LogP contribution in [0.15, 0.2) is 36.5 Å². The van der Waals surface area contributed by atoms with Gasteiger partial charge < -0.3 is 10.1 Å². The summed E-state index contributed by atoms with van der Waals surface area (Å²) in [6, 6.07) is 8.48. The van der Waals surface area contributed by atoms with E-state index >= 15 is 0 Å². The van der Waals surface area contributed by atoms with E-state index in [2.05, 4.69) is 10.3 Å². The Hall–Kier alpha value is -2.63. The lowest BCUT2D eigenvalue weighted by Gasteiger charge is -2.08. The minimum Gasteiger partial charge on any atom is -0.482 e. The number of aromatic nitrogens is 1. The number of anilines is 1. The van der Waals surface area contributed by atoms with Gasteiger partial charge in [-0.2, -0.15) is 0 Å². The first-order valence-electron chi connectivity index (χ1n) is 6.10. The number of hydrogen-bond acceptors (Lipinski definition) is 5. The molecule has 6 nitrogen and oxygen atoms in total. The molecule has 1 heterocycles. The molecule has 0 aliphatic carbocycles. The van der Waals surface area contributed by atoms with Crippen LogP contribution < -0.4 is 10.1 Å². The average molecular weight is 273 g/mol. The lowest BCUT2D eigenvalue weighted by Crippen LogP contribution is -2.00. The number of nitro groups is 1. The number of aryl methyl sites for hydroxylation is 1. The van der Waals surface area contributed by atoms with Crippen LogP contribution in [-0.2, 0) is 6.61 Å². The zero-order valence-corrected chi connectivity index (χ0v) is 11.3. The van der Waals surface area contributed by atoms with Crippen molar-refractivity contribution in [3.8, 4) is 5.75 Å². The molecular formula is C14H15N3O3.